The zero-order valence-corrected chi connectivity index (χ0v) is 6.23. The van der Waals surface area contributed by atoms with Gasteiger partial charge >= 0.3 is 5.97 Å². The molecule has 1 aliphatic rings. The number of rotatable bonds is 3. The van der Waals surface area contributed by atoms with Gasteiger partial charge in [0.2, 0.25) is 0 Å². The van der Waals surface area contributed by atoms with Crippen molar-refractivity contribution in [3.63, 3.8) is 0 Å². The fraction of sp³-hybridized carbons (Fsp3) is 0.714. The Morgan fingerprint density at radius 2 is 2.64 bits per heavy atom. The van der Waals surface area contributed by atoms with Crippen molar-refractivity contribution in [3.05, 3.63) is 0 Å². The molecule has 62 valence electrons. The maximum absolute atomic E-state index is 10.3. The molecule has 1 rings (SSSR count). The molecule has 0 saturated carbocycles. The number of aliphatic carboxylic acids is 1. The van der Waals surface area contributed by atoms with Crippen LogP contribution in [0.3, 0.4) is 0 Å². The number of carboxylic acids is 1. The van der Waals surface area contributed by atoms with E-state index in [-0.39, 0.29) is 6.04 Å². The van der Waals surface area contributed by atoms with Crippen LogP contribution < -0.4 is 5.73 Å². The normalized spacial score (nSPS) is 25.4. The van der Waals surface area contributed by atoms with Crippen molar-refractivity contribution in [1.29, 1.82) is 0 Å². The third kappa shape index (κ3) is 2.31. The fourth-order valence-corrected chi connectivity index (χ4v) is 1.14. The number of nitrogens with zero attached hydrogens (tertiary/aromatic N) is 1. The number of nitrogens with two attached hydrogens (primary N) is 1. The number of hydrogen-bond donors (Lipinski definition) is 2. The van der Waals surface area contributed by atoms with E-state index in [4.69, 9.17) is 10.8 Å². The molecule has 0 spiro atoms. The van der Waals surface area contributed by atoms with E-state index < -0.39 is 12.0 Å². The molecule has 0 unspecified atom stereocenters. The van der Waals surface area contributed by atoms with E-state index in [0.717, 1.165) is 12.8 Å². The van der Waals surface area contributed by atoms with Crippen LogP contribution in [0.2, 0.25) is 0 Å². The molecule has 4 nitrogen and oxygen atoms in total. The Labute approximate surface area is 65.1 Å². The van der Waals surface area contributed by atoms with E-state index in [2.05, 4.69) is 4.99 Å². The Morgan fingerprint density at radius 3 is 3.09 bits per heavy atom. The van der Waals surface area contributed by atoms with E-state index in [1.165, 1.54) is 0 Å². The summed E-state index contributed by atoms with van der Waals surface area (Å²) in [5.41, 5.74) is 5.32. The summed E-state index contributed by atoms with van der Waals surface area (Å²) in [4.78, 5) is 14.4. The van der Waals surface area contributed by atoms with Gasteiger partial charge in [0.05, 0.1) is 6.04 Å². The van der Waals surface area contributed by atoms with Crippen molar-refractivity contribution < 1.29 is 9.90 Å². The van der Waals surface area contributed by atoms with Crippen molar-refractivity contribution >= 4 is 12.2 Å². The third-order valence-corrected chi connectivity index (χ3v) is 1.79. The predicted molar refractivity (Wildman–Crippen MR) is 41.7 cm³/mol. The van der Waals surface area contributed by atoms with Gasteiger partial charge in [-0.15, -0.1) is 0 Å². The Bertz CT molecular complexity index is 179. The summed E-state index contributed by atoms with van der Waals surface area (Å²) in [5, 5.41) is 8.47. The van der Waals surface area contributed by atoms with E-state index in [1.807, 2.05) is 6.21 Å². The van der Waals surface area contributed by atoms with Gasteiger partial charge in [-0.3, -0.25) is 9.79 Å². The standard InChI is InChI=1S/C7H12N2O2/c8-6(7(10)11)4-5-2-1-3-9-5/h3,5-6H,1-2,4,8H2,(H,10,11)/t5-,6-/m0/s1. The first-order valence-electron chi connectivity index (χ1n) is 3.70. The number of hydrogen-bond acceptors (Lipinski definition) is 3. The van der Waals surface area contributed by atoms with Gasteiger partial charge < -0.3 is 10.8 Å². The summed E-state index contributed by atoms with van der Waals surface area (Å²) in [6, 6.07) is -0.614. The van der Waals surface area contributed by atoms with Crippen molar-refractivity contribution in [1.82, 2.24) is 0 Å². The molecule has 4 heteroatoms. The first kappa shape index (κ1) is 8.20. The molecule has 0 amide bonds. The highest BCUT2D eigenvalue weighted by molar-refractivity contribution is 5.73. The smallest absolute Gasteiger partial charge is 0.320 e. The van der Waals surface area contributed by atoms with Gasteiger partial charge in [-0.1, -0.05) is 0 Å². The topological polar surface area (TPSA) is 75.7 Å². The largest absolute Gasteiger partial charge is 0.480 e. The van der Waals surface area contributed by atoms with Crippen LogP contribution in [0.1, 0.15) is 19.3 Å². The molecule has 0 saturated heterocycles. The second kappa shape index (κ2) is 3.48. The Kier molecular flexibility index (Phi) is 2.59. The highest BCUT2D eigenvalue weighted by Gasteiger charge is 2.19. The van der Waals surface area contributed by atoms with Crippen LogP contribution in [-0.2, 0) is 4.79 Å². The summed E-state index contributed by atoms with van der Waals surface area (Å²) >= 11 is 0. The molecule has 3 N–H and O–H groups in total. The molecule has 1 aliphatic heterocycles. The van der Waals surface area contributed by atoms with Crippen LogP contribution in [0, 0.1) is 0 Å². The zero-order valence-electron chi connectivity index (χ0n) is 6.23. The number of aliphatic imine (C=N–C) groups is 1. The number of carbonyl (C=O) groups is 1. The molecule has 0 aromatic rings. The highest BCUT2D eigenvalue weighted by Crippen LogP contribution is 2.12. The van der Waals surface area contributed by atoms with Crippen molar-refractivity contribution in [2.75, 3.05) is 0 Å². The molecule has 2 atom stereocenters. The molecular weight excluding hydrogens is 144 g/mol. The molecule has 0 aliphatic carbocycles. The zero-order chi connectivity index (χ0) is 8.27. The summed E-state index contributed by atoms with van der Waals surface area (Å²) in [6.07, 6.45) is 4.20. The highest BCUT2D eigenvalue weighted by atomic mass is 16.4. The minimum absolute atomic E-state index is 0.140. The average Bonchev–Trinajstić information content (AvgIpc) is 2.39. The van der Waals surface area contributed by atoms with Crippen LogP contribution in [0.25, 0.3) is 0 Å². The Balaban J connectivity index is 2.29. The lowest BCUT2D eigenvalue weighted by atomic mass is 10.1. The van der Waals surface area contributed by atoms with Crippen LogP contribution >= 0.6 is 0 Å². The van der Waals surface area contributed by atoms with Crippen LogP contribution in [0.4, 0.5) is 0 Å². The molecular formula is C7H12N2O2. The monoisotopic (exact) mass is 156 g/mol. The van der Waals surface area contributed by atoms with Gasteiger partial charge in [0, 0.05) is 0 Å². The molecule has 0 radical (unpaired) electrons. The molecule has 0 fully saturated rings. The van der Waals surface area contributed by atoms with Crippen molar-refractivity contribution in [3.8, 4) is 0 Å². The second-order valence-electron chi connectivity index (χ2n) is 2.74. The summed E-state index contributed by atoms with van der Waals surface area (Å²) in [5.74, 6) is -0.938. The second-order valence-corrected chi connectivity index (χ2v) is 2.74. The first-order valence-corrected chi connectivity index (χ1v) is 3.70. The van der Waals surface area contributed by atoms with Crippen LogP contribution in [0.15, 0.2) is 4.99 Å². The van der Waals surface area contributed by atoms with Crippen molar-refractivity contribution in [2.24, 2.45) is 10.7 Å². The van der Waals surface area contributed by atoms with E-state index in [0.29, 0.717) is 6.42 Å². The van der Waals surface area contributed by atoms with Gasteiger partial charge in [-0.2, -0.15) is 0 Å². The average molecular weight is 156 g/mol. The first-order chi connectivity index (χ1) is 5.20. The molecule has 0 bridgehead atoms. The van der Waals surface area contributed by atoms with Gasteiger partial charge in [-0.25, -0.2) is 0 Å². The minimum Gasteiger partial charge on any atom is -0.480 e. The lowest BCUT2D eigenvalue weighted by molar-refractivity contribution is -0.138. The lowest BCUT2D eigenvalue weighted by Crippen LogP contribution is -2.33. The molecule has 0 aromatic carbocycles. The van der Waals surface area contributed by atoms with Crippen molar-refractivity contribution in [2.45, 2.75) is 31.3 Å². The minimum atomic E-state index is -0.938. The molecule has 0 aromatic heterocycles. The third-order valence-electron chi connectivity index (χ3n) is 1.79. The Morgan fingerprint density at radius 1 is 1.91 bits per heavy atom. The van der Waals surface area contributed by atoms with Gasteiger partial charge in [-0.05, 0) is 25.5 Å². The van der Waals surface area contributed by atoms with E-state index in [9.17, 15) is 4.79 Å². The summed E-state index contributed by atoms with van der Waals surface area (Å²) < 4.78 is 0. The fourth-order valence-electron chi connectivity index (χ4n) is 1.14. The van der Waals surface area contributed by atoms with Gasteiger partial charge in [0.1, 0.15) is 6.04 Å². The van der Waals surface area contributed by atoms with Crippen LogP contribution in [0.5, 0.6) is 0 Å². The predicted octanol–water partition coefficient (Wildman–Crippen LogP) is 0.0216. The summed E-state index contributed by atoms with van der Waals surface area (Å²) in [7, 11) is 0. The van der Waals surface area contributed by atoms with Gasteiger partial charge in [0.15, 0.2) is 0 Å². The maximum atomic E-state index is 10.3. The quantitative estimate of drug-likeness (QED) is 0.604. The van der Waals surface area contributed by atoms with E-state index in [1.54, 1.807) is 0 Å². The Hall–Kier alpha value is -0.900. The van der Waals surface area contributed by atoms with Crippen LogP contribution in [-0.4, -0.2) is 29.4 Å². The number of carboxylic acid groups (broad SMARTS) is 1. The van der Waals surface area contributed by atoms with E-state index >= 15 is 0 Å². The lowest BCUT2D eigenvalue weighted by Gasteiger charge is -2.09. The SMILES string of the molecule is N[C@@H](C[C@@H]1CCC=N1)C(=O)O. The molecule has 11 heavy (non-hydrogen) atoms. The molecule has 1 heterocycles. The summed E-state index contributed by atoms with van der Waals surface area (Å²) in [6.45, 7) is 0. The van der Waals surface area contributed by atoms with Gasteiger partial charge in [0.25, 0.3) is 0 Å². The maximum Gasteiger partial charge on any atom is 0.320 e.